The minimum Gasteiger partial charge on any atom is -0.315 e. The first-order valence-electron chi connectivity index (χ1n) is 7.34. The van der Waals surface area contributed by atoms with Crippen LogP contribution in [0.15, 0.2) is 18.2 Å². The van der Waals surface area contributed by atoms with Crippen LogP contribution >= 0.6 is 23.2 Å². The summed E-state index contributed by atoms with van der Waals surface area (Å²) in [4.78, 5) is 5.07. The zero-order valence-corrected chi connectivity index (χ0v) is 13.1. The van der Waals surface area contributed by atoms with E-state index in [0.717, 1.165) is 60.9 Å². The fourth-order valence-corrected chi connectivity index (χ4v) is 3.66. The van der Waals surface area contributed by atoms with Crippen LogP contribution in [0.25, 0.3) is 0 Å². The van der Waals surface area contributed by atoms with Crippen molar-refractivity contribution in [2.24, 2.45) is 0 Å². The van der Waals surface area contributed by atoms with Crippen LogP contribution in [-0.4, -0.2) is 55.1 Å². The quantitative estimate of drug-likeness (QED) is 0.925. The highest BCUT2D eigenvalue weighted by molar-refractivity contribution is 6.35. The molecule has 110 valence electrons. The first-order chi connectivity index (χ1) is 9.74. The lowest BCUT2D eigenvalue weighted by atomic mass is 10.1. The number of rotatable bonds is 3. The highest BCUT2D eigenvalue weighted by Gasteiger charge is 2.26. The molecule has 3 rings (SSSR count). The Kier molecular flexibility index (Phi) is 4.84. The molecule has 1 N–H and O–H groups in total. The van der Waals surface area contributed by atoms with E-state index in [2.05, 4.69) is 15.1 Å². The monoisotopic (exact) mass is 313 g/mol. The van der Waals surface area contributed by atoms with Crippen molar-refractivity contribution in [2.75, 3.05) is 39.3 Å². The second-order valence-electron chi connectivity index (χ2n) is 5.66. The molecule has 0 spiro atoms. The molecule has 1 atom stereocenters. The van der Waals surface area contributed by atoms with E-state index in [1.807, 2.05) is 18.2 Å². The second-order valence-corrected chi connectivity index (χ2v) is 6.47. The zero-order valence-electron chi connectivity index (χ0n) is 11.6. The largest absolute Gasteiger partial charge is 0.315 e. The van der Waals surface area contributed by atoms with E-state index < -0.39 is 0 Å². The molecule has 1 aromatic rings. The standard InChI is InChI=1S/C15H21Cl2N3/c16-14-2-1-3-15(17)13(14)11-19-6-8-20(9-7-19)12-4-5-18-10-12/h1-3,12,18H,4-11H2. The Bertz CT molecular complexity index is 432. The summed E-state index contributed by atoms with van der Waals surface area (Å²) in [6.07, 6.45) is 1.29. The fourth-order valence-electron chi connectivity index (χ4n) is 3.14. The third-order valence-corrected chi connectivity index (χ3v) is 5.11. The van der Waals surface area contributed by atoms with E-state index in [1.54, 1.807) is 0 Å². The maximum absolute atomic E-state index is 6.25. The number of benzene rings is 1. The van der Waals surface area contributed by atoms with Crippen molar-refractivity contribution in [3.63, 3.8) is 0 Å². The Labute approximate surface area is 130 Å². The van der Waals surface area contributed by atoms with E-state index in [4.69, 9.17) is 23.2 Å². The number of piperazine rings is 1. The third-order valence-electron chi connectivity index (χ3n) is 4.40. The predicted octanol–water partition coefficient (Wildman–Crippen LogP) is 2.47. The molecule has 5 heteroatoms. The maximum atomic E-state index is 6.25. The van der Waals surface area contributed by atoms with Gasteiger partial charge in [-0.05, 0) is 25.1 Å². The van der Waals surface area contributed by atoms with Gasteiger partial charge < -0.3 is 5.32 Å². The van der Waals surface area contributed by atoms with Crippen molar-refractivity contribution in [3.8, 4) is 0 Å². The molecular formula is C15H21Cl2N3. The van der Waals surface area contributed by atoms with Crippen molar-refractivity contribution in [1.82, 2.24) is 15.1 Å². The second kappa shape index (κ2) is 6.63. The lowest BCUT2D eigenvalue weighted by Crippen LogP contribution is -2.50. The molecular weight excluding hydrogens is 293 g/mol. The molecule has 3 nitrogen and oxygen atoms in total. The van der Waals surface area contributed by atoms with Crippen LogP contribution in [0.5, 0.6) is 0 Å². The molecule has 2 saturated heterocycles. The van der Waals surface area contributed by atoms with Gasteiger partial charge in [0.05, 0.1) is 0 Å². The molecule has 2 aliphatic rings. The van der Waals surface area contributed by atoms with E-state index in [0.29, 0.717) is 0 Å². The van der Waals surface area contributed by atoms with Crippen LogP contribution in [-0.2, 0) is 6.54 Å². The zero-order chi connectivity index (χ0) is 13.9. The Morgan fingerprint density at radius 1 is 1.10 bits per heavy atom. The third kappa shape index (κ3) is 3.29. The topological polar surface area (TPSA) is 18.5 Å². The van der Waals surface area contributed by atoms with Crippen molar-refractivity contribution >= 4 is 23.2 Å². The smallest absolute Gasteiger partial charge is 0.0465 e. The molecule has 0 saturated carbocycles. The summed E-state index contributed by atoms with van der Waals surface area (Å²) < 4.78 is 0. The summed E-state index contributed by atoms with van der Waals surface area (Å²) in [6, 6.07) is 6.48. The summed E-state index contributed by atoms with van der Waals surface area (Å²) in [5.74, 6) is 0. The van der Waals surface area contributed by atoms with Gasteiger partial charge in [0.15, 0.2) is 0 Å². The highest BCUT2D eigenvalue weighted by Crippen LogP contribution is 2.26. The Balaban J connectivity index is 1.56. The van der Waals surface area contributed by atoms with Gasteiger partial charge in [-0.2, -0.15) is 0 Å². The average Bonchev–Trinajstić information content (AvgIpc) is 2.98. The highest BCUT2D eigenvalue weighted by atomic mass is 35.5. The van der Waals surface area contributed by atoms with Crippen LogP contribution < -0.4 is 5.32 Å². The van der Waals surface area contributed by atoms with Crippen LogP contribution in [0.1, 0.15) is 12.0 Å². The number of hydrogen-bond donors (Lipinski definition) is 1. The molecule has 2 heterocycles. The normalized spacial score (nSPS) is 25.2. The minimum absolute atomic E-state index is 0.737. The molecule has 0 aromatic heterocycles. The lowest BCUT2D eigenvalue weighted by Gasteiger charge is -2.38. The summed E-state index contributed by atoms with van der Waals surface area (Å²) in [6.45, 7) is 7.66. The average molecular weight is 314 g/mol. The first-order valence-corrected chi connectivity index (χ1v) is 8.09. The van der Waals surface area contributed by atoms with Crippen LogP contribution in [0, 0.1) is 0 Å². The van der Waals surface area contributed by atoms with Crippen molar-refractivity contribution in [2.45, 2.75) is 19.0 Å². The molecule has 0 amide bonds. The van der Waals surface area contributed by atoms with Crippen molar-refractivity contribution in [3.05, 3.63) is 33.8 Å². The number of hydrogen-bond acceptors (Lipinski definition) is 3. The van der Waals surface area contributed by atoms with Crippen LogP contribution in [0.4, 0.5) is 0 Å². The lowest BCUT2D eigenvalue weighted by molar-refractivity contribution is 0.0982. The van der Waals surface area contributed by atoms with Gasteiger partial charge in [0.1, 0.15) is 0 Å². The number of nitrogens with one attached hydrogen (secondary N) is 1. The molecule has 0 bridgehead atoms. The Morgan fingerprint density at radius 3 is 2.40 bits per heavy atom. The van der Waals surface area contributed by atoms with E-state index in [-0.39, 0.29) is 0 Å². The predicted molar refractivity (Wildman–Crippen MR) is 84.6 cm³/mol. The SMILES string of the molecule is Clc1cccc(Cl)c1CN1CCN(C2CCNC2)CC1. The summed E-state index contributed by atoms with van der Waals surface area (Å²) >= 11 is 12.5. The summed E-state index contributed by atoms with van der Waals surface area (Å²) in [5.41, 5.74) is 1.06. The molecule has 2 aliphatic heterocycles. The maximum Gasteiger partial charge on any atom is 0.0465 e. The van der Waals surface area contributed by atoms with Gasteiger partial charge in [-0.3, -0.25) is 9.80 Å². The fraction of sp³-hybridized carbons (Fsp3) is 0.600. The number of nitrogens with zero attached hydrogens (tertiary/aromatic N) is 2. The molecule has 0 aliphatic carbocycles. The van der Waals surface area contributed by atoms with E-state index in [1.165, 1.54) is 13.0 Å². The van der Waals surface area contributed by atoms with Gasteiger partial charge in [0, 0.05) is 60.9 Å². The number of halogens is 2. The van der Waals surface area contributed by atoms with E-state index in [9.17, 15) is 0 Å². The van der Waals surface area contributed by atoms with Gasteiger partial charge >= 0.3 is 0 Å². The molecule has 20 heavy (non-hydrogen) atoms. The molecule has 1 unspecified atom stereocenters. The van der Waals surface area contributed by atoms with Crippen molar-refractivity contribution in [1.29, 1.82) is 0 Å². The Morgan fingerprint density at radius 2 is 1.80 bits per heavy atom. The van der Waals surface area contributed by atoms with Crippen LogP contribution in [0.3, 0.4) is 0 Å². The minimum atomic E-state index is 0.737. The van der Waals surface area contributed by atoms with Crippen molar-refractivity contribution < 1.29 is 0 Å². The molecule has 0 radical (unpaired) electrons. The first kappa shape index (κ1) is 14.6. The summed E-state index contributed by atoms with van der Waals surface area (Å²) in [5, 5.41) is 5.00. The van der Waals surface area contributed by atoms with Gasteiger partial charge in [-0.25, -0.2) is 0 Å². The molecule has 2 fully saturated rings. The Hall–Kier alpha value is -0.320. The molecule has 1 aromatic carbocycles. The van der Waals surface area contributed by atoms with Crippen LogP contribution in [0.2, 0.25) is 10.0 Å². The van der Waals surface area contributed by atoms with E-state index >= 15 is 0 Å². The summed E-state index contributed by atoms with van der Waals surface area (Å²) in [7, 11) is 0. The van der Waals surface area contributed by atoms with Gasteiger partial charge in [-0.1, -0.05) is 29.3 Å². The van der Waals surface area contributed by atoms with Gasteiger partial charge in [-0.15, -0.1) is 0 Å². The van der Waals surface area contributed by atoms with Gasteiger partial charge in [0.25, 0.3) is 0 Å². The van der Waals surface area contributed by atoms with Gasteiger partial charge in [0.2, 0.25) is 0 Å².